The summed E-state index contributed by atoms with van der Waals surface area (Å²) in [4.78, 5) is 13.5. The molecule has 8 heteroatoms. The lowest BCUT2D eigenvalue weighted by Crippen LogP contribution is -2.49. The number of guanidine groups is 1. The molecule has 1 fully saturated rings. The normalized spacial score (nSPS) is 16.6. The summed E-state index contributed by atoms with van der Waals surface area (Å²) >= 11 is 1.67. The first-order valence-corrected chi connectivity index (χ1v) is 9.67. The van der Waals surface area contributed by atoms with E-state index in [1.165, 1.54) is 32.5 Å². The van der Waals surface area contributed by atoms with E-state index in [2.05, 4.69) is 44.7 Å². The van der Waals surface area contributed by atoms with E-state index in [-0.39, 0.29) is 24.0 Å². The van der Waals surface area contributed by atoms with E-state index in [4.69, 9.17) is 0 Å². The zero-order valence-electron chi connectivity index (χ0n) is 16.1. The van der Waals surface area contributed by atoms with Crippen LogP contribution in [-0.4, -0.2) is 62.7 Å². The molecular formula is C17H33IN6S. The van der Waals surface area contributed by atoms with Crippen LogP contribution in [0.1, 0.15) is 32.4 Å². The fraction of sp³-hybridized carbons (Fsp3) is 0.765. The number of nitrogens with zero attached hydrogens (tertiary/aromatic N) is 4. The van der Waals surface area contributed by atoms with Crippen LogP contribution < -0.4 is 15.5 Å². The summed E-state index contributed by atoms with van der Waals surface area (Å²) in [5.74, 6) is 1.62. The molecule has 2 N–H and O–H groups in total. The molecule has 0 bridgehead atoms. The maximum Gasteiger partial charge on any atom is 0.191 e. The molecule has 25 heavy (non-hydrogen) atoms. The number of likely N-dealkylation sites (tertiary alicyclic amines) is 1. The molecule has 0 aromatic carbocycles. The van der Waals surface area contributed by atoms with E-state index in [0.29, 0.717) is 12.6 Å². The number of rotatable bonds is 6. The zero-order valence-corrected chi connectivity index (χ0v) is 19.2. The quantitative estimate of drug-likeness (QED) is 0.373. The standard InChI is InChI=1S/C17H32N6S.HI/c1-13(2)11-23-8-6-14(7-9-23)20-16(18-3)19-10-15-12-24-17(21-15)22(4)5;/h12-14H,6-11H2,1-5H3,(H2,18,19,20);1H. The Morgan fingerprint density at radius 1 is 1.40 bits per heavy atom. The number of nitrogens with one attached hydrogen (secondary N) is 2. The average molecular weight is 480 g/mol. The highest BCUT2D eigenvalue weighted by atomic mass is 127. The van der Waals surface area contributed by atoms with Crippen molar-refractivity contribution in [1.82, 2.24) is 20.5 Å². The minimum absolute atomic E-state index is 0. The Kier molecular flexibility index (Phi) is 10.0. The van der Waals surface area contributed by atoms with Crippen molar-refractivity contribution >= 4 is 46.4 Å². The third-order valence-corrected chi connectivity index (χ3v) is 5.19. The minimum Gasteiger partial charge on any atom is -0.354 e. The first-order chi connectivity index (χ1) is 11.5. The van der Waals surface area contributed by atoms with Gasteiger partial charge in [0.25, 0.3) is 0 Å². The summed E-state index contributed by atoms with van der Waals surface area (Å²) < 4.78 is 0. The third kappa shape index (κ3) is 7.65. The van der Waals surface area contributed by atoms with Gasteiger partial charge < -0.3 is 20.4 Å². The molecule has 0 unspecified atom stereocenters. The van der Waals surface area contributed by atoms with Crippen molar-refractivity contribution in [2.75, 3.05) is 45.7 Å². The number of piperidine rings is 1. The lowest BCUT2D eigenvalue weighted by molar-refractivity contribution is 0.187. The second kappa shape index (κ2) is 11.2. The topological polar surface area (TPSA) is 55.8 Å². The van der Waals surface area contributed by atoms with Gasteiger partial charge in [0.1, 0.15) is 0 Å². The summed E-state index contributed by atoms with van der Waals surface area (Å²) in [5, 5.41) is 10.1. The van der Waals surface area contributed by atoms with Gasteiger partial charge in [0.05, 0.1) is 12.2 Å². The smallest absolute Gasteiger partial charge is 0.191 e. The predicted octanol–water partition coefficient (Wildman–Crippen LogP) is 2.61. The highest BCUT2D eigenvalue weighted by molar-refractivity contribution is 14.0. The predicted molar refractivity (Wildman–Crippen MR) is 119 cm³/mol. The Morgan fingerprint density at radius 2 is 2.08 bits per heavy atom. The molecule has 6 nitrogen and oxygen atoms in total. The minimum atomic E-state index is 0. The maximum atomic E-state index is 4.59. The maximum absolute atomic E-state index is 4.59. The fourth-order valence-corrected chi connectivity index (χ4v) is 3.68. The van der Waals surface area contributed by atoms with Gasteiger partial charge in [-0.15, -0.1) is 35.3 Å². The van der Waals surface area contributed by atoms with Crippen molar-refractivity contribution in [3.8, 4) is 0 Å². The van der Waals surface area contributed by atoms with Crippen molar-refractivity contribution in [2.24, 2.45) is 10.9 Å². The number of halogens is 1. The molecule has 1 aromatic rings. The Hall–Kier alpha value is -0.610. The second-order valence-corrected chi connectivity index (χ2v) is 7.89. The van der Waals surface area contributed by atoms with Gasteiger partial charge in [-0.25, -0.2) is 4.98 Å². The van der Waals surface area contributed by atoms with Gasteiger partial charge >= 0.3 is 0 Å². The van der Waals surface area contributed by atoms with Crippen molar-refractivity contribution < 1.29 is 0 Å². The van der Waals surface area contributed by atoms with Crippen LogP contribution >= 0.6 is 35.3 Å². The van der Waals surface area contributed by atoms with Crippen LogP contribution in [0.5, 0.6) is 0 Å². The number of thiazole rings is 1. The summed E-state index contributed by atoms with van der Waals surface area (Å²) in [5.41, 5.74) is 1.05. The van der Waals surface area contributed by atoms with Gasteiger partial charge in [-0.05, 0) is 18.8 Å². The van der Waals surface area contributed by atoms with Gasteiger partial charge in [0.15, 0.2) is 11.1 Å². The largest absolute Gasteiger partial charge is 0.354 e. The lowest BCUT2D eigenvalue weighted by atomic mass is 10.0. The molecule has 0 amide bonds. The number of aromatic nitrogens is 1. The molecule has 1 aliphatic rings. The van der Waals surface area contributed by atoms with Gasteiger partial charge in [-0.2, -0.15) is 0 Å². The lowest BCUT2D eigenvalue weighted by Gasteiger charge is -2.33. The average Bonchev–Trinajstić information content (AvgIpc) is 3.02. The fourth-order valence-electron chi connectivity index (χ4n) is 2.92. The highest BCUT2D eigenvalue weighted by Gasteiger charge is 2.20. The van der Waals surface area contributed by atoms with E-state index >= 15 is 0 Å². The first-order valence-electron chi connectivity index (χ1n) is 8.79. The molecule has 0 radical (unpaired) electrons. The van der Waals surface area contributed by atoms with Crippen LogP contribution in [0.15, 0.2) is 10.4 Å². The van der Waals surface area contributed by atoms with Crippen LogP contribution in [-0.2, 0) is 6.54 Å². The van der Waals surface area contributed by atoms with Crippen LogP contribution in [0.4, 0.5) is 5.13 Å². The highest BCUT2D eigenvalue weighted by Crippen LogP contribution is 2.17. The summed E-state index contributed by atoms with van der Waals surface area (Å²) in [7, 11) is 5.86. The molecule has 0 saturated carbocycles. The molecule has 1 aliphatic heterocycles. The molecule has 0 aliphatic carbocycles. The molecule has 0 spiro atoms. The summed E-state index contributed by atoms with van der Waals surface area (Å²) in [6, 6.07) is 0.507. The van der Waals surface area contributed by atoms with Crippen molar-refractivity contribution in [3.63, 3.8) is 0 Å². The molecule has 1 saturated heterocycles. The first kappa shape index (κ1) is 22.4. The van der Waals surface area contributed by atoms with E-state index in [1.807, 2.05) is 26.0 Å². The monoisotopic (exact) mass is 480 g/mol. The van der Waals surface area contributed by atoms with Crippen molar-refractivity contribution in [2.45, 2.75) is 39.3 Å². The van der Waals surface area contributed by atoms with Gasteiger partial charge in [0, 0.05) is 52.2 Å². The number of anilines is 1. The molecule has 1 aromatic heterocycles. The second-order valence-electron chi connectivity index (χ2n) is 7.05. The summed E-state index contributed by atoms with van der Waals surface area (Å²) in [6.45, 7) is 8.83. The van der Waals surface area contributed by atoms with E-state index in [0.717, 1.165) is 22.7 Å². The van der Waals surface area contributed by atoms with Crippen LogP contribution in [0.2, 0.25) is 0 Å². The Morgan fingerprint density at radius 3 is 2.60 bits per heavy atom. The molecule has 144 valence electrons. The van der Waals surface area contributed by atoms with Crippen LogP contribution in [0.25, 0.3) is 0 Å². The molecule has 2 rings (SSSR count). The molecule has 0 atom stereocenters. The van der Waals surface area contributed by atoms with E-state index in [1.54, 1.807) is 11.3 Å². The zero-order chi connectivity index (χ0) is 17.5. The van der Waals surface area contributed by atoms with Crippen molar-refractivity contribution in [3.05, 3.63) is 11.1 Å². The molecular weight excluding hydrogens is 447 g/mol. The number of hydrogen-bond donors (Lipinski definition) is 2. The van der Waals surface area contributed by atoms with E-state index in [9.17, 15) is 0 Å². The Bertz CT molecular complexity index is 523. The van der Waals surface area contributed by atoms with Gasteiger partial charge in [-0.3, -0.25) is 4.99 Å². The Labute approximate surface area is 173 Å². The number of aliphatic imine (C=N–C) groups is 1. The van der Waals surface area contributed by atoms with Gasteiger partial charge in [-0.1, -0.05) is 13.8 Å². The third-order valence-electron chi connectivity index (χ3n) is 4.13. The molecule has 2 heterocycles. The van der Waals surface area contributed by atoms with Crippen LogP contribution in [0.3, 0.4) is 0 Å². The number of hydrogen-bond acceptors (Lipinski definition) is 5. The van der Waals surface area contributed by atoms with Crippen LogP contribution in [0, 0.1) is 5.92 Å². The SMILES string of the molecule is CN=C(NCc1csc(N(C)C)n1)NC1CCN(CC(C)C)CC1.I. The Balaban J connectivity index is 0.00000312. The summed E-state index contributed by atoms with van der Waals surface area (Å²) in [6.07, 6.45) is 2.35. The van der Waals surface area contributed by atoms with Crippen molar-refractivity contribution in [1.29, 1.82) is 0 Å². The van der Waals surface area contributed by atoms with E-state index < -0.39 is 0 Å². The van der Waals surface area contributed by atoms with Gasteiger partial charge in [0.2, 0.25) is 0 Å².